The van der Waals surface area contributed by atoms with Gasteiger partial charge in [0.15, 0.2) is 0 Å². The second-order valence-corrected chi connectivity index (χ2v) is 10.5. The Morgan fingerprint density at radius 2 is 0.885 bits per heavy atom. The van der Waals surface area contributed by atoms with Crippen molar-refractivity contribution in [2.75, 3.05) is 0 Å². The van der Waals surface area contributed by atoms with Crippen LogP contribution in [0.5, 0.6) is 0 Å². The van der Waals surface area contributed by atoms with Gasteiger partial charge in [-0.25, -0.2) is 0 Å². The van der Waals surface area contributed by atoms with E-state index >= 15 is 0 Å². The van der Waals surface area contributed by atoms with Gasteiger partial charge >= 0.3 is 0 Å². The third-order valence-electron chi connectivity index (χ3n) is 5.18. The Hall–Kier alpha value is 2.05. The van der Waals surface area contributed by atoms with Crippen LogP contribution in [-0.4, -0.2) is 37.5 Å². The van der Waals surface area contributed by atoms with Gasteiger partial charge in [-0.1, -0.05) is 27.7 Å². The fourth-order valence-electron chi connectivity index (χ4n) is 5.01. The van der Waals surface area contributed by atoms with Gasteiger partial charge < -0.3 is 27.3 Å². The normalized spacial score (nSPS) is 28.2. The first-order chi connectivity index (χ1) is 10.5. The van der Waals surface area contributed by atoms with Gasteiger partial charge in [-0.05, 0) is 38.8 Å². The first kappa shape index (κ1) is 30.2. The van der Waals surface area contributed by atoms with Crippen LogP contribution in [0.15, 0.2) is 0 Å². The van der Waals surface area contributed by atoms with Gasteiger partial charge in [-0.3, -0.25) is 0 Å². The number of nitrogens with zero attached hydrogens (tertiary/aromatic N) is 2. The Kier molecular flexibility index (Phi) is 12.1. The molecule has 0 atom stereocenters. The molecule has 2 radical (unpaired) electrons. The summed E-state index contributed by atoms with van der Waals surface area (Å²) in [5.74, 6) is 2.92. The summed E-state index contributed by atoms with van der Waals surface area (Å²) < 4.78 is 0. The number of rotatable bonds is 0. The van der Waals surface area contributed by atoms with Crippen molar-refractivity contribution in [2.24, 2.45) is 0 Å². The Morgan fingerprint density at radius 3 is 1.15 bits per heavy atom. The third-order valence-corrected chi connectivity index (χ3v) is 5.18. The largest absolute Gasteiger partial charge is 0.785 e. The van der Waals surface area contributed by atoms with Crippen molar-refractivity contribution in [1.82, 2.24) is 10.1 Å². The van der Waals surface area contributed by atoms with Crippen LogP contribution in [0.1, 0.15) is 94.9 Å². The zero-order chi connectivity index (χ0) is 19.1. The van der Waals surface area contributed by atoms with Crippen LogP contribution in [-0.2, 0) is 65.4 Å². The Balaban J connectivity index is 0. The standard InChI is InChI=1S/C10H20NO.C10H19NO.2Y/c2*1-8-6-9(2,3)11(12)10(4,5)7-8;;/h12H,6-7H2,1-5H3;6-7H2,1-5H3;;/q-1;-2;;. The molecule has 26 heavy (non-hydrogen) atoms. The fraction of sp³-hybridized carbons (Fsp3) is 0.900. The Labute approximate surface area is 212 Å². The molecular formula is C20H39N2O2Y2-3. The third kappa shape index (κ3) is 7.71. The van der Waals surface area contributed by atoms with Crippen LogP contribution < -0.4 is 0 Å². The van der Waals surface area contributed by atoms with Crippen LogP contribution >= 0.6 is 0 Å². The monoisotopic (exact) mass is 517 g/mol. The van der Waals surface area contributed by atoms with Crippen molar-refractivity contribution in [3.63, 3.8) is 0 Å². The molecular weight excluding hydrogens is 478 g/mol. The van der Waals surface area contributed by atoms with Crippen LogP contribution in [0.2, 0.25) is 0 Å². The maximum absolute atomic E-state index is 11.8. The van der Waals surface area contributed by atoms with Gasteiger partial charge in [-0.2, -0.15) is 44.6 Å². The Bertz CT molecular complexity index is 364. The molecule has 2 heterocycles. The number of hydroxylamine groups is 4. The molecule has 0 aromatic rings. The zero-order valence-corrected chi connectivity index (χ0v) is 24.4. The van der Waals surface area contributed by atoms with E-state index in [0.29, 0.717) is 0 Å². The van der Waals surface area contributed by atoms with E-state index in [1.165, 1.54) is 22.0 Å². The molecule has 6 heteroatoms. The summed E-state index contributed by atoms with van der Waals surface area (Å²) in [7, 11) is 0. The molecule has 2 rings (SSSR count). The molecule has 2 aliphatic rings. The topological polar surface area (TPSA) is 49.8 Å². The predicted octanol–water partition coefficient (Wildman–Crippen LogP) is 5.35. The van der Waals surface area contributed by atoms with Crippen LogP contribution in [0.3, 0.4) is 0 Å². The smallest absolute Gasteiger partial charge is 0.0143 e. The molecule has 0 aromatic heterocycles. The summed E-state index contributed by atoms with van der Waals surface area (Å²) in [5.41, 5.74) is -0.644. The van der Waals surface area contributed by atoms with E-state index in [0.717, 1.165) is 25.7 Å². The molecule has 0 aliphatic carbocycles. The quantitative estimate of drug-likeness (QED) is 0.441. The second kappa shape index (κ2) is 10.4. The summed E-state index contributed by atoms with van der Waals surface area (Å²) in [5, 5.41) is 24.5. The van der Waals surface area contributed by atoms with Crippen LogP contribution in [0.25, 0.3) is 0 Å². The molecule has 2 saturated heterocycles. The predicted molar refractivity (Wildman–Crippen MR) is 101 cm³/mol. The molecule has 2 fully saturated rings. The number of piperidine rings is 2. The molecule has 4 nitrogen and oxygen atoms in total. The summed E-state index contributed by atoms with van der Waals surface area (Å²) in [6.45, 7) is 20.7. The minimum Gasteiger partial charge on any atom is -0.785 e. The minimum absolute atomic E-state index is 0. The summed E-state index contributed by atoms with van der Waals surface area (Å²) in [6.07, 6.45) is 3.85. The van der Waals surface area contributed by atoms with Gasteiger partial charge in [-0.15, -0.1) is 0 Å². The SMILES string of the molecule is C[C-]1CC(C)(C)N(O)C(C)(C)C1.C[C-]1CC(C)(C)N([O-])C(C)(C)C1.[Y].[Y]. The summed E-state index contributed by atoms with van der Waals surface area (Å²) in [6, 6.07) is 0. The van der Waals surface area contributed by atoms with E-state index in [4.69, 9.17) is 0 Å². The molecule has 0 saturated carbocycles. The van der Waals surface area contributed by atoms with E-state index in [9.17, 15) is 10.4 Å². The van der Waals surface area contributed by atoms with Crippen molar-refractivity contribution in [1.29, 1.82) is 0 Å². The average Bonchev–Trinajstić information content (AvgIpc) is 2.31. The number of hydrogen-bond acceptors (Lipinski definition) is 4. The van der Waals surface area contributed by atoms with E-state index in [-0.39, 0.29) is 87.6 Å². The van der Waals surface area contributed by atoms with E-state index in [1.807, 2.05) is 27.7 Å². The maximum Gasteiger partial charge on any atom is 0.0143 e. The van der Waals surface area contributed by atoms with Crippen LogP contribution in [0.4, 0.5) is 0 Å². The first-order valence-corrected chi connectivity index (χ1v) is 9.11. The fourth-order valence-corrected chi connectivity index (χ4v) is 5.01. The van der Waals surface area contributed by atoms with E-state index < -0.39 is 0 Å². The van der Waals surface area contributed by atoms with Gasteiger partial charge in [0.1, 0.15) is 0 Å². The number of hydrogen-bond donors (Lipinski definition) is 1. The van der Waals surface area contributed by atoms with Crippen molar-refractivity contribution in [3.8, 4) is 0 Å². The zero-order valence-electron chi connectivity index (χ0n) is 18.7. The van der Waals surface area contributed by atoms with Gasteiger partial charge in [0, 0.05) is 76.5 Å². The van der Waals surface area contributed by atoms with Crippen molar-refractivity contribution in [2.45, 2.75) is 117 Å². The average molecular weight is 517 g/mol. The minimum atomic E-state index is -0.216. The molecule has 0 bridgehead atoms. The Morgan fingerprint density at radius 1 is 0.654 bits per heavy atom. The van der Waals surface area contributed by atoms with E-state index in [2.05, 4.69) is 41.5 Å². The molecule has 2 aliphatic heterocycles. The van der Waals surface area contributed by atoms with Gasteiger partial charge in [0.25, 0.3) is 0 Å². The molecule has 0 spiro atoms. The molecule has 1 N–H and O–H groups in total. The summed E-state index contributed by atoms with van der Waals surface area (Å²) in [4.78, 5) is 0. The van der Waals surface area contributed by atoms with E-state index in [1.54, 1.807) is 0 Å². The van der Waals surface area contributed by atoms with Gasteiger partial charge in [0.2, 0.25) is 0 Å². The maximum atomic E-state index is 11.8. The van der Waals surface area contributed by atoms with Crippen molar-refractivity contribution in [3.05, 3.63) is 17.0 Å². The van der Waals surface area contributed by atoms with Crippen LogP contribution in [0, 0.1) is 17.0 Å². The van der Waals surface area contributed by atoms with Gasteiger partial charge in [0.05, 0.1) is 0 Å². The van der Waals surface area contributed by atoms with Crippen molar-refractivity contribution < 1.29 is 70.6 Å². The first-order valence-electron chi connectivity index (χ1n) is 9.11. The molecule has 0 aromatic carbocycles. The summed E-state index contributed by atoms with van der Waals surface area (Å²) >= 11 is 0. The molecule has 0 unspecified atom stereocenters. The second-order valence-electron chi connectivity index (χ2n) is 10.5. The van der Waals surface area contributed by atoms with Crippen molar-refractivity contribution >= 4 is 0 Å². The molecule has 150 valence electrons. The molecule has 0 amide bonds.